The lowest BCUT2D eigenvalue weighted by molar-refractivity contribution is -0.113. The number of thioether (sulfide) groups is 1. The molecule has 0 fully saturated rings. The van der Waals surface area contributed by atoms with Crippen molar-refractivity contribution in [3.63, 3.8) is 0 Å². The van der Waals surface area contributed by atoms with Crippen molar-refractivity contribution in [2.45, 2.75) is 25.0 Å². The molecule has 2 amide bonds. The fourth-order valence-electron chi connectivity index (χ4n) is 3.61. The number of rotatable bonds is 9. The molecule has 0 spiro atoms. The molecule has 0 saturated carbocycles. The Morgan fingerprint density at radius 3 is 2.60 bits per heavy atom. The molecule has 35 heavy (non-hydrogen) atoms. The van der Waals surface area contributed by atoms with Crippen LogP contribution >= 0.6 is 35.0 Å². The minimum Gasteiger partial charge on any atom is -0.352 e. The molecule has 1 aromatic heterocycles. The number of amides is 2. The molecule has 1 heterocycles. The lowest BCUT2D eigenvalue weighted by Gasteiger charge is -2.10. The average Bonchev–Trinajstić information content (AvgIpc) is 3.26. The zero-order chi connectivity index (χ0) is 24.8. The highest BCUT2D eigenvalue weighted by Gasteiger charge is 2.15. The van der Waals surface area contributed by atoms with Gasteiger partial charge in [0, 0.05) is 36.1 Å². The van der Waals surface area contributed by atoms with Crippen molar-refractivity contribution in [2.75, 3.05) is 17.6 Å². The van der Waals surface area contributed by atoms with E-state index in [2.05, 4.69) is 20.8 Å². The molecule has 0 aliphatic carbocycles. The Labute approximate surface area is 217 Å². The van der Waals surface area contributed by atoms with Crippen LogP contribution in [-0.4, -0.2) is 38.9 Å². The number of benzene rings is 3. The predicted molar refractivity (Wildman–Crippen MR) is 141 cm³/mol. The Morgan fingerprint density at radius 1 is 1.00 bits per heavy atom. The lowest BCUT2D eigenvalue weighted by Crippen LogP contribution is -2.26. The van der Waals surface area contributed by atoms with E-state index < -0.39 is 0 Å². The number of carbonyl (C=O) groups is 2. The normalized spacial score (nSPS) is 10.9. The van der Waals surface area contributed by atoms with Gasteiger partial charge in [-0.15, -0.1) is 10.2 Å². The van der Waals surface area contributed by atoms with Crippen LogP contribution in [-0.2, 0) is 17.8 Å². The van der Waals surface area contributed by atoms with E-state index in [0.717, 1.165) is 22.3 Å². The van der Waals surface area contributed by atoms with Gasteiger partial charge in [-0.1, -0.05) is 71.4 Å². The molecule has 0 radical (unpaired) electrons. The highest BCUT2D eigenvalue weighted by Crippen LogP contribution is 2.24. The van der Waals surface area contributed by atoms with Crippen LogP contribution in [0.25, 0.3) is 10.8 Å². The first-order valence-electron chi connectivity index (χ1n) is 11.0. The first kappa shape index (κ1) is 25.0. The zero-order valence-corrected chi connectivity index (χ0v) is 21.3. The summed E-state index contributed by atoms with van der Waals surface area (Å²) in [4.78, 5) is 25.0. The number of nitrogens with one attached hydrogen (secondary N) is 2. The largest absolute Gasteiger partial charge is 0.352 e. The molecule has 0 bridgehead atoms. The zero-order valence-electron chi connectivity index (χ0n) is 18.9. The minimum absolute atomic E-state index is 0.118. The summed E-state index contributed by atoms with van der Waals surface area (Å²) in [5.41, 5.74) is 1.22. The van der Waals surface area contributed by atoms with Gasteiger partial charge in [-0.2, -0.15) is 0 Å². The summed E-state index contributed by atoms with van der Waals surface area (Å²) >= 11 is 13.2. The standard InChI is InChI=1S/C25H23Cl2N5O2S/c1-2-32-22(12-13-28-24(34)17-10-11-19(26)20(27)14-17)30-31-25(32)35-15-23(33)29-21-9-5-7-16-6-3-4-8-18(16)21/h3-11,14H,2,12-13,15H2,1H3,(H,28,34)(H,29,33). The molecule has 0 aliphatic heterocycles. The number of aromatic nitrogens is 3. The highest BCUT2D eigenvalue weighted by atomic mass is 35.5. The molecule has 4 rings (SSSR count). The van der Waals surface area contributed by atoms with Crippen LogP contribution in [0.2, 0.25) is 10.0 Å². The number of fused-ring (bicyclic) bond motifs is 1. The first-order chi connectivity index (χ1) is 17.0. The molecular weight excluding hydrogens is 505 g/mol. The number of carbonyl (C=O) groups excluding carboxylic acids is 2. The third-order valence-corrected chi connectivity index (χ3v) is 7.03. The van der Waals surface area contributed by atoms with Crippen LogP contribution in [0.3, 0.4) is 0 Å². The van der Waals surface area contributed by atoms with Gasteiger partial charge < -0.3 is 15.2 Å². The van der Waals surface area contributed by atoms with Crippen LogP contribution < -0.4 is 10.6 Å². The quantitative estimate of drug-likeness (QED) is 0.282. The topological polar surface area (TPSA) is 88.9 Å². The Morgan fingerprint density at radius 2 is 1.80 bits per heavy atom. The van der Waals surface area contributed by atoms with Crippen LogP contribution in [0.1, 0.15) is 23.1 Å². The molecule has 7 nitrogen and oxygen atoms in total. The molecule has 2 N–H and O–H groups in total. The highest BCUT2D eigenvalue weighted by molar-refractivity contribution is 7.99. The van der Waals surface area contributed by atoms with Crippen molar-refractivity contribution in [3.05, 3.63) is 82.1 Å². The van der Waals surface area contributed by atoms with E-state index >= 15 is 0 Å². The summed E-state index contributed by atoms with van der Waals surface area (Å²) < 4.78 is 1.95. The van der Waals surface area contributed by atoms with Crippen LogP contribution in [0.4, 0.5) is 5.69 Å². The van der Waals surface area contributed by atoms with Crippen molar-refractivity contribution in [3.8, 4) is 0 Å². The van der Waals surface area contributed by atoms with Gasteiger partial charge in [0.05, 0.1) is 15.8 Å². The molecule has 10 heteroatoms. The Hall–Kier alpha value is -3.07. The maximum Gasteiger partial charge on any atom is 0.251 e. The van der Waals surface area contributed by atoms with Gasteiger partial charge in [-0.25, -0.2) is 0 Å². The van der Waals surface area contributed by atoms with E-state index in [-0.39, 0.29) is 17.6 Å². The molecule has 3 aromatic carbocycles. The van der Waals surface area contributed by atoms with Gasteiger partial charge in [-0.05, 0) is 36.6 Å². The van der Waals surface area contributed by atoms with E-state index in [1.165, 1.54) is 17.8 Å². The fraction of sp³-hybridized carbons (Fsp3) is 0.200. The van der Waals surface area contributed by atoms with Gasteiger partial charge in [0.15, 0.2) is 5.16 Å². The second-order valence-corrected chi connectivity index (χ2v) is 9.40. The molecular formula is C25H23Cl2N5O2S. The number of hydrogen-bond acceptors (Lipinski definition) is 5. The van der Waals surface area contributed by atoms with E-state index in [9.17, 15) is 9.59 Å². The number of anilines is 1. The molecule has 0 saturated heterocycles. The van der Waals surface area contributed by atoms with Gasteiger partial charge in [0.1, 0.15) is 5.82 Å². The average molecular weight is 528 g/mol. The molecule has 0 aliphatic rings. The first-order valence-corrected chi connectivity index (χ1v) is 12.8. The Bertz CT molecular complexity index is 1370. The Balaban J connectivity index is 1.32. The summed E-state index contributed by atoms with van der Waals surface area (Å²) in [7, 11) is 0. The fourth-order valence-corrected chi connectivity index (χ4v) is 4.73. The summed E-state index contributed by atoms with van der Waals surface area (Å²) in [6.45, 7) is 3.02. The second-order valence-electron chi connectivity index (χ2n) is 7.64. The second kappa shape index (κ2) is 11.6. The van der Waals surface area contributed by atoms with Crippen molar-refractivity contribution in [1.82, 2.24) is 20.1 Å². The van der Waals surface area contributed by atoms with Crippen molar-refractivity contribution < 1.29 is 9.59 Å². The Kier molecular flexibility index (Phi) is 8.28. The predicted octanol–water partition coefficient (Wildman–Crippen LogP) is 5.46. The molecule has 4 aromatic rings. The van der Waals surface area contributed by atoms with Crippen LogP contribution in [0.5, 0.6) is 0 Å². The van der Waals surface area contributed by atoms with E-state index in [4.69, 9.17) is 23.2 Å². The van der Waals surface area contributed by atoms with Crippen molar-refractivity contribution in [2.24, 2.45) is 0 Å². The third kappa shape index (κ3) is 6.14. The maximum atomic E-state index is 12.6. The lowest BCUT2D eigenvalue weighted by atomic mass is 10.1. The minimum atomic E-state index is -0.245. The molecule has 180 valence electrons. The van der Waals surface area contributed by atoms with Crippen LogP contribution in [0.15, 0.2) is 65.8 Å². The van der Waals surface area contributed by atoms with Crippen molar-refractivity contribution in [1.29, 1.82) is 0 Å². The summed E-state index contributed by atoms with van der Waals surface area (Å²) in [5, 5.41) is 17.8. The summed E-state index contributed by atoms with van der Waals surface area (Å²) in [6, 6.07) is 18.5. The number of hydrogen-bond donors (Lipinski definition) is 2. The third-order valence-electron chi connectivity index (χ3n) is 5.32. The van der Waals surface area contributed by atoms with Gasteiger partial charge >= 0.3 is 0 Å². The van der Waals surface area contributed by atoms with Crippen LogP contribution in [0, 0.1) is 0 Å². The van der Waals surface area contributed by atoms with Crippen molar-refractivity contribution >= 4 is 63.2 Å². The number of halogens is 2. The van der Waals surface area contributed by atoms with E-state index in [1.54, 1.807) is 12.1 Å². The SMILES string of the molecule is CCn1c(CCNC(=O)c2ccc(Cl)c(Cl)c2)nnc1SCC(=O)Nc1cccc2ccccc12. The molecule has 0 unspecified atom stereocenters. The molecule has 0 atom stereocenters. The monoisotopic (exact) mass is 527 g/mol. The van der Waals surface area contributed by atoms with Gasteiger partial charge in [-0.3, -0.25) is 9.59 Å². The maximum absolute atomic E-state index is 12.6. The van der Waals surface area contributed by atoms with E-state index in [1.807, 2.05) is 54.0 Å². The van der Waals surface area contributed by atoms with E-state index in [0.29, 0.717) is 40.3 Å². The smallest absolute Gasteiger partial charge is 0.251 e. The van der Waals surface area contributed by atoms with Gasteiger partial charge in [0.2, 0.25) is 5.91 Å². The summed E-state index contributed by atoms with van der Waals surface area (Å²) in [5.74, 6) is 0.576. The summed E-state index contributed by atoms with van der Waals surface area (Å²) in [6.07, 6.45) is 0.497. The van der Waals surface area contributed by atoms with Gasteiger partial charge in [0.25, 0.3) is 5.91 Å². The number of nitrogens with zero attached hydrogens (tertiary/aromatic N) is 3.